The first-order chi connectivity index (χ1) is 13.4. The third-order valence-electron chi connectivity index (χ3n) is 6.29. The summed E-state index contributed by atoms with van der Waals surface area (Å²) in [6.07, 6.45) is 3.49. The number of imidazole rings is 1. The van der Waals surface area contributed by atoms with Crippen LogP contribution in [0.2, 0.25) is 0 Å². The van der Waals surface area contributed by atoms with Gasteiger partial charge in [0.2, 0.25) is 11.8 Å². The molecule has 4 rings (SSSR count). The maximum atomic E-state index is 13.2. The number of hydrogen-bond donors (Lipinski definition) is 1. The first kappa shape index (κ1) is 18.8. The summed E-state index contributed by atoms with van der Waals surface area (Å²) < 4.78 is 1.61. The number of nitrogens with one attached hydrogen (secondary N) is 1. The molecule has 28 heavy (non-hydrogen) atoms. The summed E-state index contributed by atoms with van der Waals surface area (Å²) in [5.74, 6) is 0.0671. The maximum absolute atomic E-state index is 13.2. The van der Waals surface area contributed by atoms with Crippen LogP contribution in [0.1, 0.15) is 46.0 Å². The number of rotatable bonds is 4. The molecule has 0 saturated carbocycles. The number of para-hydroxylation sites is 2. The molecule has 0 aliphatic carbocycles. The molecule has 2 aliphatic heterocycles. The predicted molar refractivity (Wildman–Crippen MR) is 107 cm³/mol. The molecular weight excluding hydrogens is 356 g/mol. The first-order valence-electron chi connectivity index (χ1n) is 10.2. The van der Waals surface area contributed by atoms with Gasteiger partial charge in [0.05, 0.1) is 11.0 Å². The van der Waals surface area contributed by atoms with Gasteiger partial charge in [-0.2, -0.15) is 0 Å². The Morgan fingerprint density at radius 1 is 1.14 bits per heavy atom. The van der Waals surface area contributed by atoms with Crippen molar-refractivity contribution in [2.75, 3.05) is 13.1 Å². The summed E-state index contributed by atoms with van der Waals surface area (Å²) in [7, 11) is 0. The van der Waals surface area contributed by atoms with E-state index in [4.69, 9.17) is 0 Å². The summed E-state index contributed by atoms with van der Waals surface area (Å²) in [5.41, 5.74) is 0.693. The lowest BCUT2D eigenvalue weighted by atomic mass is 9.84. The predicted octanol–water partition coefficient (Wildman–Crippen LogP) is 2.11. The molecule has 2 aromatic rings. The van der Waals surface area contributed by atoms with E-state index >= 15 is 0 Å². The maximum Gasteiger partial charge on any atom is 0.326 e. The van der Waals surface area contributed by atoms with Gasteiger partial charge in [-0.25, -0.2) is 4.79 Å². The summed E-state index contributed by atoms with van der Waals surface area (Å²) in [6, 6.07) is 7.63. The highest BCUT2D eigenvalue weighted by Gasteiger charge is 2.52. The van der Waals surface area contributed by atoms with Crippen molar-refractivity contribution in [2.24, 2.45) is 0 Å². The Kier molecular flexibility index (Phi) is 4.77. The van der Waals surface area contributed by atoms with Crippen LogP contribution in [0.3, 0.4) is 0 Å². The first-order valence-corrected chi connectivity index (χ1v) is 10.2. The second kappa shape index (κ2) is 7.11. The number of H-pyrrole nitrogens is 1. The molecule has 2 amide bonds. The fourth-order valence-electron chi connectivity index (χ4n) is 4.91. The largest absolute Gasteiger partial charge is 0.338 e. The molecule has 2 saturated heterocycles. The lowest BCUT2D eigenvalue weighted by Crippen LogP contribution is -2.62. The van der Waals surface area contributed by atoms with Crippen LogP contribution in [0.15, 0.2) is 29.1 Å². The van der Waals surface area contributed by atoms with Crippen LogP contribution in [0.25, 0.3) is 11.0 Å². The molecule has 3 heterocycles. The molecule has 1 aromatic carbocycles. The molecule has 0 bridgehead atoms. The zero-order chi connectivity index (χ0) is 19.9. The lowest BCUT2D eigenvalue weighted by molar-refractivity contribution is -0.157. The van der Waals surface area contributed by atoms with E-state index in [1.807, 2.05) is 47.9 Å². The van der Waals surface area contributed by atoms with Crippen molar-refractivity contribution in [2.45, 2.75) is 64.1 Å². The van der Waals surface area contributed by atoms with Gasteiger partial charge in [-0.3, -0.25) is 14.2 Å². The number of aromatic amines is 1. The number of hydrogen-bond acceptors (Lipinski definition) is 3. The monoisotopic (exact) mass is 384 g/mol. The van der Waals surface area contributed by atoms with Crippen molar-refractivity contribution in [3.05, 3.63) is 34.7 Å². The summed E-state index contributed by atoms with van der Waals surface area (Å²) in [5, 5.41) is 0. The molecule has 2 aliphatic rings. The van der Waals surface area contributed by atoms with Gasteiger partial charge in [-0.1, -0.05) is 12.1 Å². The second-order valence-corrected chi connectivity index (χ2v) is 8.23. The van der Waals surface area contributed by atoms with Crippen LogP contribution in [0.4, 0.5) is 0 Å². The second-order valence-electron chi connectivity index (χ2n) is 8.23. The molecule has 2 fully saturated rings. The highest BCUT2D eigenvalue weighted by molar-refractivity contribution is 5.93. The van der Waals surface area contributed by atoms with Crippen molar-refractivity contribution < 1.29 is 9.59 Å². The van der Waals surface area contributed by atoms with Crippen LogP contribution in [0, 0.1) is 0 Å². The number of nitrogens with zero attached hydrogens (tertiary/aromatic N) is 3. The van der Waals surface area contributed by atoms with Crippen LogP contribution < -0.4 is 5.69 Å². The van der Waals surface area contributed by atoms with E-state index in [1.165, 1.54) is 0 Å². The minimum atomic E-state index is -0.676. The van der Waals surface area contributed by atoms with Crippen LogP contribution in [-0.2, 0) is 16.1 Å². The summed E-state index contributed by atoms with van der Waals surface area (Å²) >= 11 is 0. The van der Waals surface area contributed by atoms with E-state index in [9.17, 15) is 14.4 Å². The zero-order valence-corrected chi connectivity index (χ0v) is 16.6. The van der Waals surface area contributed by atoms with Crippen molar-refractivity contribution in [1.29, 1.82) is 0 Å². The number of aryl methyl sites for hydroxylation is 1. The van der Waals surface area contributed by atoms with Gasteiger partial charge in [0, 0.05) is 32.1 Å². The van der Waals surface area contributed by atoms with Gasteiger partial charge >= 0.3 is 5.69 Å². The molecule has 1 N–H and O–H groups in total. The average Bonchev–Trinajstić information content (AvgIpc) is 3.23. The van der Waals surface area contributed by atoms with E-state index in [2.05, 4.69) is 4.98 Å². The third-order valence-corrected chi connectivity index (χ3v) is 6.29. The van der Waals surface area contributed by atoms with E-state index in [0.29, 0.717) is 13.1 Å². The highest BCUT2D eigenvalue weighted by Crippen LogP contribution is 2.39. The van der Waals surface area contributed by atoms with Gasteiger partial charge < -0.3 is 14.8 Å². The highest BCUT2D eigenvalue weighted by atomic mass is 16.2. The fraction of sp³-hybridized carbons (Fsp3) is 0.571. The van der Waals surface area contributed by atoms with Gasteiger partial charge in [0.1, 0.15) is 5.54 Å². The molecule has 1 spiro atoms. The topological polar surface area (TPSA) is 78.4 Å². The van der Waals surface area contributed by atoms with Gasteiger partial charge in [-0.05, 0) is 51.7 Å². The fourth-order valence-corrected chi connectivity index (χ4v) is 4.91. The molecule has 150 valence electrons. The van der Waals surface area contributed by atoms with E-state index in [0.717, 1.165) is 43.3 Å². The van der Waals surface area contributed by atoms with Crippen molar-refractivity contribution in [3.63, 3.8) is 0 Å². The minimum absolute atomic E-state index is 0.0337. The van der Waals surface area contributed by atoms with Crippen LogP contribution in [0.5, 0.6) is 0 Å². The van der Waals surface area contributed by atoms with Gasteiger partial charge in [0.15, 0.2) is 0 Å². The Morgan fingerprint density at radius 2 is 1.86 bits per heavy atom. The number of amides is 2. The molecular formula is C21H28N4O3. The van der Waals surface area contributed by atoms with Gasteiger partial charge in [-0.15, -0.1) is 0 Å². The van der Waals surface area contributed by atoms with Crippen LogP contribution in [-0.4, -0.2) is 55.8 Å². The Labute approximate surface area is 164 Å². The number of piperidine rings is 1. The van der Waals surface area contributed by atoms with E-state index in [1.54, 1.807) is 4.57 Å². The van der Waals surface area contributed by atoms with Crippen molar-refractivity contribution >= 4 is 22.8 Å². The Balaban J connectivity index is 1.53. The standard InChI is InChI=1S/C21H28N4O3/c1-15(2)23-12-5-10-21(19(23)27)11-6-13-25(21)18(26)9-14-24-17-8-4-3-7-16(17)22-20(24)28/h3-4,7-8,15H,5-6,9-14H2,1-2H3,(H,22,28). The lowest BCUT2D eigenvalue weighted by Gasteiger charge is -2.46. The van der Waals surface area contributed by atoms with E-state index in [-0.39, 0.29) is 30.0 Å². The molecule has 1 unspecified atom stereocenters. The molecule has 1 aromatic heterocycles. The van der Waals surface area contributed by atoms with Crippen molar-refractivity contribution in [1.82, 2.24) is 19.4 Å². The normalized spacial score (nSPS) is 22.8. The number of likely N-dealkylation sites (tertiary alicyclic amines) is 2. The van der Waals surface area contributed by atoms with Crippen molar-refractivity contribution in [3.8, 4) is 0 Å². The minimum Gasteiger partial charge on any atom is -0.338 e. The molecule has 1 atom stereocenters. The SMILES string of the molecule is CC(C)N1CCCC2(CCCN2C(=O)CCn2c(=O)[nH]c3ccccc32)C1=O. The number of fused-ring (bicyclic) bond motifs is 1. The van der Waals surface area contributed by atoms with E-state index < -0.39 is 5.54 Å². The average molecular weight is 384 g/mol. The Bertz CT molecular complexity index is 960. The number of carbonyl (C=O) groups excluding carboxylic acids is 2. The number of benzene rings is 1. The molecule has 7 nitrogen and oxygen atoms in total. The molecule has 7 heteroatoms. The van der Waals surface area contributed by atoms with Gasteiger partial charge in [0.25, 0.3) is 0 Å². The number of carbonyl (C=O) groups is 2. The molecule has 0 radical (unpaired) electrons. The quantitative estimate of drug-likeness (QED) is 0.877. The zero-order valence-electron chi connectivity index (χ0n) is 16.6. The Morgan fingerprint density at radius 3 is 2.61 bits per heavy atom. The van der Waals surface area contributed by atoms with Crippen LogP contribution >= 0.6 is 0 Å². The number of aromatic nitrogens is 2. The summed E-state index contributed by atoms with van der Waals surface area (Å²) in [4.78, 5) is 45.2. The Hall–Kier alpha value is -2.57. The smallest absolute Gasteiger partial charge is 0.326 e. The third kappa shape index (κ3) is 2.93. The summed E-state index contributed by atoms with van der Waals surface area (Å²) in [6.45, 7) is 5.77.